The first-order chi connectivity index (χ1) is 6.40. The number of nitrogens with zero attached hydrogens (tertiary/aromatic N) is 4. The maximum atomic E-state index is 4.32. The van der Waals surface area contributed by atoms with Gasteiger partial charge in [0.1, 0.15) is 0 Å². The van der Waals surface area contributed by atoms with Crippen molar-refractivity contribution in [3.8, 4) is 5.95 Å². The second kappa shape index (κ2) is 3.35. The third-order valence-corrected chi connectivity index (χ3v) is 1.77. The highest BCUT2D eigenvalue weighted by Gasteiger charge is 1.99. The molecule has 0 spiro atoms. The molecule has 0 unspecified atom stereocenters. The normalized spacial score (nSPS) is 10.2. The van der Waals surface area contributed by atoms with E-state index in [2.05, 4.69) is 22.0 Å². The Kier molecular flexibility index (Phi) is 2.04. The molecule has 0 saturated heterocycles. The summed E-state index contributed by atoms with van der Waals surface area (Å²) in [7, 11) is 0. The highest BCUT2D eigenvalue weighted by molar-refractivity contribution is 5.12. The van der Waals surface area contributed by atoms with E-state index in [1.54, 1.807) is 17.1 Å². The lowest BCUT2D eigenvalue weighted by Crippen LogP contribution is -2.02. The predicted molar refractivity (Wildman–Crippen MR) is 48.5 cm³/mol. The van der Waals surface area contributed by atoms with Crippen LogP contribution in [0, 0.1) is 0 Å². The molecule has 4 heteroatoms. The second-order valence-corrected chi connectivity index (χ2v) is 2.65. The molecule has 13 heavy (non-hydrogen) atoms. The molecule has 66 valence electrons. The highest BCUT2D eigenvalue weighted by atomic mass is 15.3. The molecule has 2 rings (SSSR count). The molecule has 0 aromatic carbocycles. The first-order valence-electron chi connectivity index (χ1n) is 4.22. The molecule has 2 aromatic heterocycles. The quantitative estimate of drug-likeness (QED) is 0.687. The van der Waals surface area contributed by atoms with E-state index < -0.39 is 0 Å². The van der Waals surface area contributed by atoms with Gasteiger partial charge in [0.15, 0.2) is 0 Å². The van der Waals surface area contributed by atoms with Crippen molar-refractivity contribution >= 4 is 0 Å². The van der Waals surface area contributed by atoms with Gasteiger partial charge in [-0.3, -0.25) is 0 Å². The van der Waals surface area contributed by atoms with E-state index in [0.29, 0.717) is 5.95 Å². The highest BCUT2D eigenvalue weighted by Crippen LogP contribution is 2.00. The Bertz CT molecular complexity index is 380. The third kappa shape index (κ3) is 1.56. The molecule has 0 bridgehead atoms. The minimum atomic E-state index is 0.629. The molecule has 2 aromatic rings. The van der Waals surface area contributed by atoms with Crippen LogP contribution in [0.2, 0.25) is 0 Å². The van der Waals surface area contributed by atoms with E-state index in [9.17, 15) is 0 Å². The van der Waals surface area contributed by atoms with Gasteiger partial charge in [0.25, 0.3) is 5.95 Å². The molecule has 0 atom stereocenters. The monoisotopic (exact) mass is 174 g/mol. The van der Waals surface area contributed by atoms with Crippen LogP contribution in [0.1, 0.15) is 12.6 Å². The zero-order valence-electron chi connectivity index (χ0n) is 7.38. The van der Waals surface area contributed by atoms with E-state index in [1.807, 2.05) is 18.3 Å². The van der Waals surface area contributed by atoms with Crippen LogP contribution >= 0.6 is 0 Å². The van der Waals surface area contributed by atoms with Gasteiger partial charge in [-0.1, -0.05) is 6.92 Å². The van der Waals surface area contributed by atoms with Crippen LogP contribution in [-0.2, 0) is 6.42 Å². The van der Waals surface area contributed by atoms with Crippen molar-refractivity contribution in [2.75, 3.05) is 0 Å². The number of hydrogen-bond acceptors (Lipinski definition) is 3. The first-order valence-corrected chi connectivity index (χ1v) is 4.22. The van der Waals surface area contributed by atoms with Crippen LogP contribution in [0.25, 0.3) is 5.95 Å². The number of hydrogen-bond donors (Lipinski definition) is 0. The Hall–Kier alpha value is -1.71. The van der Waals surface area contributed by atoms with Crippen LogP contribution in [0.15, 0.2) is 30.7 Å². The minimum absolute atomic E-state index is 0.629. The molecule has 2 heterocycles. The summed E-state index contributed by atoms with van der Waals surface area (Å²) in [5.74, 6) is 0.629. The van der Waals surface area contributed by atoms with Crippen molar-refractivity contribution in [2.45, 2.75) is 13.3 Å². The van der Waals surface area contributed by atoms with Gasteiger partial charge in [0.05, 0.1) is 0 Å². The topological polar surface area (TPSA) is 43.6 Å². The van der Waals surface area contributed by atoms with Gasteiger partial charge < -0.3 is 0 Å². The predicted octanol–water partition coefficient (Wildman–Crippen LogP) is 1.22. The second-order valence-electron chi connectivity index (χ2n) is 2.65. The van der Waals surface area contributed by atoms with Crippen LogP contribution in [-0.4, -0.2) is 19.7 Å². The first kappa shape index (κ1) is 7.91. The van der Waals surface area contributed by atoms with Crippen molar-refractivity contribution in [3.05, 3.63) is 36.4 Å². The summed E-state index contributed by atoms with van der Waals surface area (Å²) in [6.45, 7) is 2.06. The van der Waals surface area contributed by atoms with Crippen LogP contribution < -0.4 is 0 Å². The Labute approximate surface area is 76.3 Å². The summed E-state index contributed by atoms with van der Waals surface area (Å²) in [4.78, 5) is 8.44. The van der Waals surface area contributed by atoms with Gasteiger partial charge in [-0.2, -0.15) is 5.10 Å². The lowest BCUT2D eigenvalue weighted by atomic mass is 10.3. The fraction of sp³-hybridized carbons (Fsp3) is 0.222. The molecule has 4 nitrogen and oxygen atoms in total. The summed E-state index contributed by atoms with van der Waals surface area (Å²) in [5.41, 5.74) is 1.03. The van der Waals surface area contributed by atoms with Gasteiger partial charge >= 0.3 is 0 Å². The summed E-state index contributed by atoms with van der Waals surface area (Å²) >= 11 is 0. The van der Waals surface area contributed by atoms with Gasteiger partial charge in [0, 0.05) is 24.3 Å². The van der Waals surface area contributed by atoms with E-state index >= 15 is 0 Å². The van der Waals surface area contributed by atoms with Gasteiger partial charge in [-0.25, -0.2) is 14.6 Å². The maximum absolute atomic E-state index is 4.32. The Morgan fingerprint density at radius 3 is 3.00 bits per heavy atom. The van der Waals surface area contributed by atoms with E-state index in [4.69, 9.17) is 0 Å². The fourth-order valence-corrected chi connectivity index (χ4v) is 1.08. The van der Waals surface area contributed by atoms with E-state index in [1.165, 1.54) is 0 Å². The summed E-state index contributed by atoms with van der Waals surface area (Å²) in [6, 6.07) is 3.76. The van der Waals surface area contributed by atoms with Crippen LogP contribution in [0.3, 0.4) is 0 Å². The lowest BCUT2D eigenvalue weighted by molar-refractivity contribution is 0.793. The molecular formula is C9H10N4. The lowest BCUT2D eigenvalue weighted by Gasteiger charge is -2.00. The smallest absolute Gasteiger partial charge is 0.220 e. The van der Waals surface area contributed by atoms with Crippen molar-refractivity contribution < 1.29 is 0 Å². The van der Waals surface area contributed by atoms with Crippen LogP contribution in [0.4, 0.5) is 0 Å². The molecule has 0 aliphatic rings. The third-order valence-electron chi connectivity index (χ3n) is 1.77. The SMILES string of the molecule is CCc1ccnc(-n2cccn2)n1. The zero-order chi connectivity index (χ0) is 9.10. The molecule has 0 aliphatic carbocycles. The van der Waals surface area contributed by atoms with Crippen molar-refractivity contribution in [1.82, 2.24) is 19.7 Å². The molecular weight excluding hydrogens is 164 g/mol. The summed E-state index contributed by atoms with van der Waals surface area (Å²) in [6.07, 6.45) is 6.20. The van der Waals surface area contributed by atoms with Crippen LogP contribution in [0.5, 0.6) is 0 Å². The molecule has 0 fully saturated rings. The van der Waals surface area contributed by atoms with Gasteiger partial charge in [-0.15, -0.1) is 0 Å². The summed E-state index contributed by atoms with van der Waals surface area (Å²) in [5, 5.41) is 4.05. The average molecular weight is 174 g/mol. The Balaban J connectivity index is 2.41. The Morgan fingerprint density at radius 2 is 2.31 bits per heavy atom. The van der Waals surface area contributed by atoms with Gasteiger partial charge in [-0.05, 0) is 18.6 Å². The van der Waals surface area contributed by atoms with Crippen molar-refractivity contribution in [3.63, 3.8) is 0 Å². The average Bonchev–Trinajstić information content (AvgIpc) is 2.71. The van der Waals surface area contributed by atoms with E-state index in [-0.39, 0.29) is 0 Å². The molecule has 0 amide bonds. The van der Waals surface area contributed by atoms with E-state index in [0.717, 1.165) is 12.1 Å². The standard InChI is InChI=1S/C9H10N4/c1-2-8-4-6-10-9(12-8)13-7-3-5-11-13/h3-7H,2H2,1H3. The molecule has 0 saturated carbocycles. The van der Waals surface area contributed by atoms with Crippen molar-refractivity contribution in [2.24, 2.45) is 0 Å². The number of rotatable bonds is 2. The number of aryl methyl sites for hydroxylation is 1. The maximum Gasteiger partial charge on any atom is 0.250 e. The molecule has 0 radical (unpaired) electrons. The molecule has 0 aliphatic heterocycles. The van der Waals surface area contributed by atoms with Crippen molar-refractivity contribution in [1.29, 1.82) is 0 Å². The van der Waals surface area contributed by atoms with Gasteiger partial charge in [0.2, 0.25) is 0 Å². The molecule has 0 N–H and O–H groups in total. The number of aromatic nitrogens is 4. The zero-order valence-corrected chi connectivity index (χ0v) is 7.38. The fourth-order valence-electron chi connectivity index (χ4n) is 1.08. The minimum Gasteiger partial charge on any atom is -0.220 e. The summed E-state index contributed by atoms with van der Waals surface area (Å²) < 4.78 is 1.65. The Morgan fingerprint density at radius 1 is 1.38 bits per heavy atom. The largest absolute Gasteiger partial charge is 0.250 e.